The number of hydrogen-bond donors (Lipinski definition) is 0. The van der Waals surface area contributed by atoms with Crippen molar-refractivity contribution in [3.8, 4) is 45.6 Å². The van der Waals surface area contributed by atoms with E-state index < -0.39 is 0 Å². The van der Waals surface area contributed by atoms with E-state index in [9.17, 15) is 0 Å². The van der Waals surface area contributed by atoms with Gasteiger partial charge in [-0.25, -0.2) is 24.9 Å². The molecular formula is C40H23N7. The van der Waals surface area contributed by atoms with Crippen molar-refractivity contribution in [3.63, 3.8) is 0 Å². The number of benzene rings is 5. The van der Waals surface area contributed by atoms with Crippen molar-refractivity contribution in [1.82, 2.24) is 34.3 Å². The van der Waals surface area contributed by atoms with Crippen LogP contribution in [0.3, 0.4) is 0 Å². The van der Waals surface area contributed by atoms with E-state index in [0.717, 1.165) is 33.0 Å². The van der Waals surface area contributed by atoms with E-state index in [0.29, 0.717) is 23.3 Å². The molecule has 0 atom stereocenters. The molecule has 0 saturated heterocycles. The standard InChI is InChI=1S/C40H23N7/c1-2-8-24(9-3-1)28-22-42-39(43-23-28)40-45-37(26-16-18-41-19-17-26)44-38(46-40)27-20-31-29-12-4-5-14-33(29)47-34-15-7-11-25-10-6-13-30(35(25)34)32(21-27)36(31)47/h1-23H. The Balaban J connectivity index is 1.25. The van der Waals surface area contributed by atoms with Gasteiger partial charge in [0, 0.05) is 63.0 Å². The van der Waals surface area contributed by atoms with Crippen molar-refractivity contribution in [2.75, 3.05) is 0 Å². The molecule has 10 aromatic rings. The molecule has 0 fully saturated rings. The van der Waals surface area contributed by atoms with Gasteiger partial charge in [-0.3, -0.25) is 4.98 Å². The first-order valence-electron chi connectivity index (χ1n) is 15.4. The lowest BCUT2D eigenvalue weighted by Gasteiger charge is -2.14. The number of para-hydroxylation sites is 1. The first-order chi connectivity index (χ1) is 23.3. The van der Waals surface area contributed by atoms with Crippen molar-refractivity contribution in [3.05, 3.63) is 140 Å². The van der Waals surface area contributed by atoms with Crippen LogP contribution in [0.4, 0.5) is 0 Å². The molecule has 0 aliphatic heterocycles. The topological polar surface area (TPSA) is 81.8 Å². The zero-order chi connectivity index (χ0) is 30.9. The molecule has 0 bridgehead atoms. The number of hydrogen-bond acceptors (Lipinski definition) is 6. The first kappa shape index (κ1) is 25.7. The predicted octanol–water partition coefficient (Wildman–Crippen LogP) is 9.03. The number of aromatic nitrogens is 7. The van der Waals surface area contributed by atoms with Crippen molar-refractivity contribution >= 4 is 48.9 Å². The molecule has 218 valence electrons. The lowest BCUT2D eigenvalue weighted by atomic mass is 9.97. The minimum absolute atomic E-state index is 0.407. The predicted molar refractivity (Wildman–Crippen MR) is 187 cm³/mol. The molecule has 0 saturated carbocycles. The second-order valence-electron chi connectivity index (χ2n) is 11.7. The molecule has 0 amide bonds. The fourth-order valence-electron chi connectivity index (χ4n) is 6.87. The summed E-state index contributed by atoms with van der Waals surface area (Å²) in [6, 6.07) is 40.0. The number of pyridine rings is 2. The lowest BCUT2D eigenvalue weighted by molar-refractivity contribution is 1.03. The van der Waals surface area contributed by atoms with Crippen LogP contribution in [0.1, 0.15) is 0 Å². The van der Waals surface area contributed by atoms with Gasteiger partial charge in [-0.2, -0.15) is 0 Å². The summed E-state index contributed by atoms with van der Waals surface area (Å²) in [5.74, 6) is 1.93. The van der Waals surface area contributed by atoms with Gasteiger partial charge in [0.15, 0.2) is 17.5 Å². The Bertz CT molecular complexity index is 2770. The maximum atomic E-state index is 5.03. The summed E-state index contributed by atoms with van der Waals surface area (Å²) < 4.78 is 2.41. The molecule has 5 aromatic carbocycles. The molecule has 0 aliphatic rings. The van der Waals surface area contributed by atoms with Gasteiger partial charge >= 0.3 is 0 Å². The van der Waals surface area contributed by atoms with E-state index >= 15 is 0 Å². The van der Waals surface area contributed by atoms with Gasteiger partial charge in [-0.1, -0.05) is 78.9 Å². The molecule has 0 aliphatic carbocycles. The Kier molecular flexibility index (Phi) is 5.44. The van der Waals surface area contributed by atoms with Crippen LogP contribution in [0.25, 0.3) is 94.4 Å². The van der Waals surface area contributed by atoms with Crippen LogP contribution in [0.15, 0.2) is 140 Å². The molecular weight excluding hydrogens is 578 g/mol. The summed E-state index contributed by atoms with van der Waals surface area (Å²) in [7, 11) is 0. The Morgan fingerprint density at radius 1 is 0.426 bits per heavy atom. The van der Waals surface area contributed by atoms with Crippen LogP contribution in [-0.2, 0) is 0 Å². The van der Waals surface area contributed by atoms with E-state index in [4.69, 9.17) is 24.9 Å². The van der Waals surface area contributed by atoms with Crippen molar-refractivity contribution < 1.29 is 0 Å². The molecule has 5 aromatic heterocycles. The molecule has 47 heavy (non-hydrogen) atoms. The zero-order valence-electron chi connectivity index (χ0n) is 24.9. The summed E-state index contributed by atoms with van der Waals surface area (Å²) in [5, 5.41) is 7.12. The normalized spacial score (nSPS) is 11.8. The third-order valence-electron chi connectivity index (χ3n) is 8.97. The van der Waals surface area contributed by atoms with E-state index in [-0.39, 0.29) is 0 Å². The first-order valence-corrected chi connectivity index (χ1v) is 15.4. The molecule has 0 radical (unpaired) electrons. The fourth-order valence-corrected chi connectivity index (χ4v) is 6.87. The minimum atomic E-state index is 0.407. The van der Waals surface area contributed by atoms with Gasteiger partial charge in [0.25, 0.3) is 0 Å². The second-order valence-corrected chi connectivity index (χ2v) is 11.7. The molecule has 0 unspecified atom stereocenters. The third kappa shape index (κ3) is 3.93. The monoisotopic (exact) mass is 601 g/mol. The van der Waals surface area contributed by atoms with Crippen LogP contribution in [0, 0.1) is 0 Å². The summed E-state index contributed by atoms with van der Waals surface area (Å²) in [5.41, 5.74) is 7.26. The van der Waals surface area contributed by atoms with Crippen LogP contribution < -0.4 is 0 Å². The van der Waals surface area contributed by atoms with Crippen LogP contribution >= 0.6 is 0 Å². The van der Waals surface area contributed by atoms with Gasteiger partial charge in [0.1, 0.15) is 0 Å². The van der Waals surface area contributed by atoms with Crippen LogP contribution in [0.5, 0.6) is 0 Å². The highest BCUT2D eigenvalue weighted by molar-refractivity contribution is 6.27. The van der Waals surface area contributed by atoms with E-state index in [1.54, 1.807) is 12.4 Å². The van der Waals surface area contributed by atoms with Gasteiger partial charge in [-0.15, -0.1) is 0 Å². The highest BCUT2D eigenvalue weighted by Crippen LogP contribution is 2.42. The largest absolute Gasteiger partial charge is 0.308 e. The SMILES string of the molecule is c1ccc(-c2cnc(-c3nc(-c4ccncc4)nc(-c4cc5c6cccc7cccc(c76)n6c7ccccc7c(c4)c56)n3)nc2)cc1. The van der Waals surface area contributed by atoms with Gasteiger partial charge in [-0.05, 0) is 52.7 Å². The average molecular weight is 602 g/mol. The van der Waals surface area contributed by atoms with Gasteiger partial charge < -0.3 is 4.40 Å². The summed E-state index contributed by atoms with van der Waals surface area (Å²) in [6.07, 6.45) is 7.12. The smallest absolute Gasteiger partial charge is 0.201 e. The Morgan fingerprint density at radius 2 is 1.06 bits per heavy atom. The van der Waals surface area contributed by atoms with Crippen molar-refractivity contribution in [2.45, 2.75) is 0 Å². The Hall–Kier alpha value is -6.60. The summed E-state index contributed by atoms with van der Waals surface area (Å²) in [6.45, 7) is 0. The second kappa shape index (κ2) is 9.95. The van der Waals surface area contributed by atoms with Gasteiger partial charge in [0.05, 0.1) is 16.6 Å². The van der Waals surface area contributed by atoms with Crippen LogP contribution in [0.2, 0.25) is 0 Å². The van der Waals surface area contributed by atoms with E-state index in [1.807, 2.05) is 54.9 Å². The van der Waals surface area contributed by atoms with E-state index in [2.05, 4.69) is 82.2 Å². The van der Waals surface area contributed by atoms with Gasteiger partial charge in [0.2, 0.25) is 5.82 Å². The van der Waals surface area contributed by atoms with Crippen LogP contribution in [-0.4, -0.2) is 34.3 Å². The minimum Gasteiger partial charge on any atom is -0.308 e. The number of nitrogens with zero attached hydrogens (tertiary/aromatic N) is 7. The molecule has 10 rings (SSSR count). The summed E-state index contributed by atoms with van der Waals surface area (Å²) >= 11 is 0. The Labute approximate surface area is 268 Å². The average Bonchev–Trinajstić information content (AvgIpc) is 3.49. The number of fused-ring (bicyclic) bond motifs is 5. The molecule has 7 nitrogen and oxygen atoms in total. The van der Waals surface area contributed by atoms with E-state index in [1.165, 1.54) is 38.1 Å². The quantitative estimate of drug-likeness (QED) is 0.148. The molecule has 0 N–H and O–H groups in total. The maximum absolute atomic E-state index is 5.03. The fraction of sp³-hybridized carbons (Fsp3) is 0. The third-order valence-corrected chi connectivity index (χ3v) is 8.97. The van der Waals surface area contributed by atoms with Crippen molar-refractivity contribution in [1.29, 1.82) is 0 Å². The summed E-state index contributed by atoms with van der Waals surface area (Å²) in [4.78, 5) is 28.5. The molecule has 7 heteroatoms. The molecule has 5 heterocycles. The highest BCUT2D eigenvalue weighted by atomic mass is 15.1. The zero-order valence-corrected chi connectivity index (χ0v) is 24.9. The lowest BCUT2D eigenvalue weighted by Crippen LogP contribution is -2.03. The number of rotatable bonds is 4. The highest BCUT2D eigenvalue weighted by Gasteiger charge is 2.21. The van der Waals surface area contributed by atoms with Crippen molar-refractivity contribution in [2.24, 2.45) is 0 Å². The maximum Gasteiger partial charge on any atom is 0.201 e. The molecule has 0 spiro atoms. The Morgan fingerprint density at radius 3 is 1.87 bits per heavy atom.